The second-order valence-corrected chi connectivity index (χ2v) is 7.61. The number of nitrogens with zero attached hydrogens (tertiary/aromatic N) is 2. The standard InChI is InChI=1S/C20H32N4O2/c1-2-3-13-21-20(26)18-23-17(16-12-8-9-14-24(16)18)19(25)22-15-10-6-4-5-7-11-15/h15H,2-14H2,1H3,(H,21,26)(H,22,25). The Kier molecular flexibility index (Phi) is 6.69. The van der Waals surface area contributed by atoms with Crippen molar-refractivity contribution in [3.8, 4) is 0 Å². The van der Waals surface area contributed by atoms with E-state index in [2.05, 4.69) is 22.5 Å². The van der Waals surface area contributed by atoms with Crippen molar-refractivity contribution in [2.45, 2.75) is 90.1 Å². The fourth-order valence-corrected chi connectivity index (χ4v) is 4.03. The molecule has 0 unspecified atom stereocenters. The molecule has 2 heterocycles. The minimum absolute atomic E-state index is 0.102. The van der Waals surface area contributed by atoms with Crippen LogP contribution in [0.1, 0.15) is 97.9 Å². The largest absolute Gasteiger partial charge is 0.349 e. The first-order chi connectivity index (χ1) is 12.7. The number of imidazole rings is 1. The number of carbonyl (C=O) groups excluding carboxylic acids is 2. The normalized spacial score (nSPS) is 18.0. The molecule has 6 heteroatoms. The molecule has 3 rings (SSSR count). The monoisotopic (exact) mass is 360 g/mol. The zero-order valence-electron chi connectivity index (χ0n) is 16.0. The number of carbonyl (C=O) groups is 2. The molecular weight excluding hydrogens is 328 g/mol. The maximum Gasteiger partial charge on any atom is 0.287 e. The molecule has 26 heavy (non-hydrogen) atoms. The van der Waals surface area contributed by atoms with Gasteiger partial charge in [0.2, 0.25) is 0 Å². The van der Waals surface area contributed by atoms with Crippen LogP contribution in [-0.4, -0.2) is 34.0 Å². The van der Waals surface area contributed by atoms with Crippen LogP contribution in [0.3, 0.4) is 0 Å². The lowest BCUT2D eigenvalue weighted by Gasteiger charge is -2.18. The smallest absolute Gasteiger partial charge is 0.287 e. The Labute approximate surface area is 156 Å². The molecule has 1 aliphatic heterocycles. The summed E-state index contributed by atoms with van der Waals surface area (Å²) in [5, 5.41) is 6.12. The Hall–Kier alpha value is -1.85. The number of fused-ring (bicyclic) bond motifs is 1. The molecule has 2 amide bonds. The van der Waals surface area contributed by atoms with E-state index in [1.165, 1.54) is 25.7 Å². The van der Waals surface area contributed by atoms with Crippen molar-refractivity contribution < 1.29 is 9.59 Å². The minimum atomic E-state index is -0.157. The van der Waals surface area contributed by atoms with E-state index >= 15 is 0 Å². The van der Waals surface area contributed by atoms with Crippen molar-refractivity contribution in [1.82, 2.24) is 20.2 Å². The molecule has 0 saturated heterocycles. The first kappa shape index (κ1) is 18.9. The molecule has 1 aromatic rings. The van der Waals surface area contributed by atoms with Crippen molar-refractivity contribution in [3.05, 3.63) is 17.2 Å². The average Bonchev–Trinajstić information content (AvgIpc) is 2.85. The Bertz CT molecular complexity index is 630. The number of amides is 2. The summed E-state index contributed by atoms with van der Waals surface area (Å²) in [6, 6.07) is 0.243. The third-order valence-corrected chi connectivity index (χ3v) is 5.54. The van der Waals surface area contributed by atoms with Gasteiger partial charge < -0.3 is 15.2 Å². The number of hydrogen-bond donors (Lipinski definition) is 2. The minimum Gasteiger partial charge on any atom is -0.349 e. The van der Waals surface area contributed by atoms with E-state index in [-0.39, 0.29) is 17.9 Å². The number of aromatic nitrogens is 2. The predicted octanol–water partition coefficient (Wildman–Crippen LogP) is 3.20. The summed E-state index contributed by atoms with van der Waals surface area (Å²) in [4.78, 5) is 29.9. The summed E-state index contributed by atoms with van der Waals surface area (Å²) in [7, 11) is 0. The highest BCUT2D eigenvalue weighted by molar-refractivity contribution is 5.97. The van der Waals surface area contributed by atoms with Crippen LogP contribution < -0.4 is 10.6 Å². The average molecular weight is 361 g/mol. The van der Waals surface area contributed by atoms with Crippen molar-refractivity contribution >= 4 is 11.8 Å². The van der Waals surface area contributed by atoms with E-state index in [0.717, 1.165) is 57.2 Å². The fraction of sp³-hybridized carbons (Fsp3) is 0.750. The quantitative estimate of drug-likeness (QED) is 0.604. The molecule has 0 radical (unpaired) electrons. The molecule has 1 aromatic heterocycles. The molecule has 6 nitrogen and oxygen atoms in total. The van der Waals surface area contributed by atoms with Gasteiger partial charge in [0, 0.05) is 19.1 Å². The Morgan fingerprint density at radius 1 is 1.08 bits per heavy atom. The van der Waals surface area contributed by atoms with Crippen LogP contribution in [0.15, 0.2) is 0 Å². The third-order valence-electron chi connectivity index (χ3n) is 5.54. The van der Waals surface area contributed by atoms with Crippen molar-refractivity contribution in [1.29, 1.82) is 0 Å². The van der Waals surface area contributed by atoms with Gasteiger partial charge >= 0.3 is 0 Å². The highest BCUT2D eigenvalue weighted by Gasteiger charge is 2.28. The number of rotatable bonds is 6. The Morgan fingerprint density at radius 2 is 1.85 bits per heavy atom. The van der Waals surface area contributed by atoms with Crippen LogP contribution in [0.25, 0.3) is 0 Å². The Balaban J connectivity index is 1.75. The highest BCUT2D eigenvalue weighted by Crippen LogP contribution is 2.22. The van der Waals surface area contributed by atoms with E-state index in [1.807, 2.05) is 4.57 Å². The summed E-state index contributed by atoms with van der Waals surface area (Å²) in [6.45, 7) is 3.52. The molecule has 1 saturated carbocycles. The van der Waals surface area contributed by atoms with Gasteiger partial charge in [0.25, 0.3) is 11.8 Å². The molecule has 0 bridgehead atoms. The lowest BCUT2D eigenvalue weighted by molar-refractivity contribution is 0.0927. The van der Waals surface area contributed by atoms with Gasteiger partial charge in [0.15, 0.2) is 5.82 Å². The zero-order chi connectivity index (χ0) is 18.4. The number of hydrogen-bond acceptors (Lipinski definition) is 3. The topological polar surface area (TPSA) is 76.0 Å². The molecule has 0 aromatic carbocycles. The van der Waals surface area contributed by atoms with Gasteiger partial charge in [-0.05, 0) is 38.5 Å². The van der Waals surface area contributed by atoms with Crippen LogP contribution >= 0.6 is 0 Å². The number of unbranched alkanes of at least 4 members (excludes halogenated alkanes) is 1. The predicted molar refractivity (Wildman–Crippen MR) is 101 cm³/mol. The summed E-state index contributed by atoms with van der Waals surface area (Å²) in [5.74, 6) is 0.145. The van der Waals surface area contributed by atoms with Crippen LogP contribution in [0, 0.1) is 0 Å². The molecule has 2 N–H and O–H groups in total. The summed E-state index contributed by atoms with van der Waals surface area (Å²) < 4.78 is 1.97. The van der Waals surface area contributed by atoms with E-state index < -0.39 is 0 Å². The Morgan fingerprint density at radius 3 is 2.58 bits per heavy atom. The van der Waals surface area contributed by atoms with E-state index in [9.17, 15) is 9.59 Å². The lowest BCUT2D eigenvalue weighted by Crippen LogP contribution is -2.35. The molecule has 2 aliphatic rings. The second-order valence-electron chi connectivity index (χ2n) is 7.61. The van der Waals surface area contributed by atoms with Gasteiger partial charge in [0.05, 0.1) is 5.69 Å². The second kappa shape index (κ2) is 9.19. The highest BCUT2D eigenvalue weighted by atomic mass is 16.2. The maximum absolute atomic E-state index is 12.9. The van der Waals surface area contributed by atoms with E-state index in [0.29, 0.717) is 18.1 Å². The van der Waals surface area contributed by atoms with Crippen LogP contribution in [0.4, 0.5) is 0 Å². The molecule has 0 atom stereocenters. The van der Waals surface area contributed by atoms with Crippen LogP contribution in [0.2, 0.25) is 0 Å². The van der Waals surface area contributed by atoms with Gasteiger partial charge in [0.1, 0.15) is 5.69 Å². The van der Waals surface area contributed by atoms with Crippen molar-refractivity contribution in [2.75, 3.05) is 6.54 Å². The SMILES string of the molecule is CCCCNC(=O)c1nc(C(=O)NC2CCCCCC2)c2n1CCCC2. The van der Waals surface area contributed by atoms with Gasteiger partial charge in [-0.2, -0.15) is 0 Å². The molecule has 1 aliphatic carbocycles. The van der Waals surface area contributed by atoms with Crippen LogP contribution in [0.5, 0.6) is 0 Å². The summed E-state index contributed by atoms with van der Waals surface area (Å²) in [5.41, 5.74) is 1.40. The molecule has 144 valence electrons. The van der Waals surface area contributed by atoms with Crippen LogP contribution in [-0.2, 0) is 13.0 Å². The third kappa shape index (κ3) is 4.46. The van der Waals surface area contributed by atoms with Gasteiger partial charge in [-0.3, -0.25) is 9.59 Å². The van der Waals surface area contributed by atoms with Crippen molar-refractivity contribution in [2.24, 2.45) is 0 Å². The first-order valence-corrected chi connectivity index (χ1v) is 10.4. The molecule has 0 spiro atoms. The summed E-state index contributed by atoms with van der Waals surface area (Å²) in [6.07, 6.45) is 11.9. The maximum atomic E-state index is 12.9. The lowest BCUT2D eigenvalue weighted by atomic mass is 10.1. The molecular formula is C20H32N4O2. The van der Waals surface area contributed by atoms with Gasteiger partial charge in [-0.25, -0.2) is 4.98 Å². The van der Waals surface area contributed by atoms with E-state index in [1.54, 1.807) is 0 Å². The van der Waals surface area contributed by atoms with Gasteiger partial charge in [-0.15, -0.1) is 0 Å². The van der Waals surface area contributed by atoms with Crippen molar-refractivity contribution in [3.63, 3.8) is 0 Å². The molecule has 1 fully saturated rings. The first-order valence-electron chi connectivity index (χ1n) is 10.4. The fourth-order valence-electron chi connectivity index (χ4n) is 4.03. The summed E-state index contributed by atoms with van der Waals surface area (Å²) >= 11 is 0. The zero-order valence-corrected chi connectivity index (χ0v) is 16.0. The number of nitrogens with one attached hydrogen (secondary N) is 2. The van der Waals surface area contributed by atoms with Gasteiger partial charge in [-0.1, -0.05) is 39.0 Å². The van der Waals surface area contributed by atoms with E-state index in [4.69, 9.17) is 0 Å².